The monoisotopic (exact) mass is 241 g/mol. The van der Waals surface area contributed by atoms with Gasteiger partial charge in [0, 0.05) is 5.41 Å². The second-order valence-corrected chi connectivity index (χ2v) is 3.55. The van der Waals surface area contributed by atoms with Crippen molar-refractivity contribution in [3.63, 3.8) is 0 Å². The molecule has 0 amide bonds. The fourth-order valence-corrected chi connectivity index (χ4v) is 1.32. The van der Waals surface area contributed by atoms with Crippen LogP contribution in [0.1, 0.15) is 26.7 Å². The Kier molecular flexibility index (Phi) is 4.05. The van der Waals surface area contributed by atoms with Crippen LogP contribution in [0.3, 0.4) is 0 Å². The number of quaternary nitrogens is 1. The van der Waals surface area contributed by atoms with Gasteiger partial charge in [-0.25, -0.2) is 0 Å². The summed E-state index contributed by atoms with van der Waals surface area (Å²) in [6.07, 6.45) is 2.83. The van der Waals surface area contributed by atoms with Crippen LogP contribution in [0.15, 0.2) is 0 Å². The van der Waals surface area contributed by atoms with Crippen LogP contribution in [-0.2, 0) is 0 Å². The summed E-state index contributed by atoms with van der Waals surface area (Å²) >= 11 is 0. The maximum absolute atomic E-state index is 2.42. The molecule has 1 fully saturated rings. The Bertz CT molecular complexity index is 73.0. The first-order valence-electron chi connectivity index (χ1n) is 3.52. The molecule has 0 saturated carbocycles. The molecule has 0 spiro atoms. The van der Waals surface area contributed by atoms with Crippen LogP contribution in [0.4, 0.5) is 0 Å². The lowest BCUT2D eigenvalue weighted by Crippen LogP contribution is -3.00. The first-order valence-corrected chi connectivity index (χ1v) is 3.52. The molecule has 0 radical (unpaired) electrons. The second-order valence-electron chi connectivity index (χ2n) is 3.55. The summed E-state index contributed by atoms with van der Waals surface area (Å²) in [5, 5.41) is 2.42. The highest BCUT2D eigenvalue weighted by Gasteiger charge is 2.22. The largest absolute Gasteiger partial charge is 1.00 e. The smallest absolute Gasteiger partial charge is 0.0807 e. The number of hydrogen-bond donors (Lipinski definition) is 1. The van der Waals surface area contributed by atoms with E-state index < -0.39 is 0 Å². The summed E-state index contributed by atoms with van der Waals surface area (Å²) in [5.41, 5.74) is 0.623. The van der Waals surface area contributed by atoms with Crippen molar-refractivity contribution in [1.29, 1.82) is 0 Å². The molecule has 1 heterocycles. The molecule has 9 heavy (non-hydrogen) atoms. The summed E-state index contributed by atoms with van der Waals surface area (Å²) < 4.78 is 0. The Labute approximate surface area is 74.6 Å². The average molecular weight is 241 g/mol. The van der Waals surface area contributed by atoms with Gasteiger partial charge in [-0.15, -0.1) is 0 Å². The summed E-state index contributed by atoms with van der Waals surface area (Å²) in [5.74, 6) is 0. The molecule has 56 valence electrons. The molecular formula is C7H16IN. The van der Waals surface area contributed by atoms with Crippen LogP contribution in [0.25, 0.3) is 0 Å². The molecular weight excluding hydrogens is 225 g/mol. The standard InChI is InChI=1S/C7H15N.HI/c1-7(2)4-3-5-8-6-7;/h8H,3-6H2,1-2H3;1H. The highest BCUT2D eigenvalue weighted by atomic mass is 127. The van der Waals surface area contributed by atoms with E-state index in [0.717, 1.165) is 0 Å². The molecule has 0 aromatic carbocycles. The highest BCUT2D eigenvalue weighted by molar-refractivity contribution is 4.68. The van der Waals surface area contributed by atoms with Crippen LogP contribution in [0.2, 0.25) is 0 Å². The van der Waals surface area contributed by atoms with Crippen molar-refractivity contribution >= 4 is 0 Å². The Morgan fingerprint density at radius 1 is 1.33 bits per heavy atom. The minimum Gasteiger partial charge on any atom is -1.00 e. The van der Waals surface area contributed by atoms with E-state index in [0.29, 0.717) is 5.41 Å². The van der Waals surface area contributed by atoms with Gasteiger partial charge in [0.2, 0.25) is 0 Å². The molecule has 0 bridgehead atoms. The van der Waals surface area contributed by atoms with E-state index in [1.165, 1.54) is 25.9 Å². The quantitative estimate of drug-likeness (QED) is 0.447. The van der Waals surface area contributed by atoms with Crippen LogP contribution in [-0.4, -0.2) is 13.1 Å². The average Bonchev–Trinajstić information content (AvgIpc) is 1.65. The molecule has 0 aliphatic carbocycles. The van der Waals surface area contributed by atoms with Gasteiger partial charge in [-0.3, -0.25) is 0 Å². The molecule has 1 aliphatic rings. The zero-order valence-corrected chi connectivity index (χ0v) is 8.44. The molecule has 0 unspecified atom stereocenters. The van der Waals surface area contributed by atoms with Gasteiger partial charge in [0.15, 0.2) is 0 Å². The third kappa shape index (κ3) is 3.40. The van der Waals surface area contributed by atoms with Crippen molar-refractivity contribution in [3.05, 3.63) is 0 Å². The van der Waals surface area contributed by atoms with Crippen molar-refractivity contribution in [2.45, 2.75) is 26.7 Å². The number of halogens is 1. The van der Waals surface area contributed by atoms with Gasteiger partial charge in [0.25, 0.3) is 0 Å². The van der Waals surface area contributed by atoms with Crippen LogP contribution in [0, 0.1) is 5.41 Å². The van der Waals surface area contributed by atoms with Gasteiger partial charge in [-0.1, -0.05) is 13.8 Å². The molecule has 2 N–H and O–H groups in total. The van der Waals surface area contributed by atoms with E-state index in [-0.39, 0.29) is 24.0 Å². The number of hydrogen-bond acceptors (Lipinski definition) is 0. The Hall–Kier alpha value is 0.690. The van der Waals surface area contributed by atoms with Crippen molar-refractivity contribution in [2.24, 2.45) is 5.41 Å². The second kappa shape index (κ2) is 3.76. The molecule has 0 aromatic rings. The fourth-order valence-electron chi connectivity index (χ4n) is 1.32. The predicted octanol–water partition coefficient (Wildman–Crippen LogP) is -2.63. The van der Waals surface area contributed by atoms with Crippen molar-refractivity contribution in [1.82, 2.24) is 0 Å². The SMILES string of the molecule is CC1(C)CCC[NH2+]C1.[I-]. The number of rotatable bonds is 0. The van der Waals surface area contributed by atoms with Gasteiger partial charge in [-0.05, 0) is 12.8 Å². The number of nitrogens with two attached hydrogens (primary N) is 1. The van der Waals surface area contributed by atoms with Gasteiger partial charge < -0.3 is 29.3 Å². The van der Waals surface area contributed by atoms with Gasteiger partial charge in [-0.2, -0.15) is 0 Å². The van der Waals surface area contributed by atoms with E-state index in [1.54, 1.807) is 0 Å². The van der Waals surface area contributed by atoms with E-state index in [1.807, 2.05) is 0 Å². The zero-order valence-electron chi connectivity index (χ0n) is 6.28. The van der Waals surface area contributed by atoms with E-state index in [4.69, 9.17) is 0 Å². The molecule has 1 nitrogen and oxygen atoms in total. The van der Waals surface area contributed by atoms with Crippen LogP contribution < -0.4 is 29.3 Å². The maximum Gasteiger partial charge on any atom is 0.0807 e. The summed E-state index contributed by atoms with van der Waals surface area (Å²) in [4.78, 5) is 0. The van der Waals surface area contributed by atoms with Gasteiger partial charge >= 0.3 is 0 Å². The normalized spacial score (nSPS) is 24.7. The van der Waals surface area contributed by atoms with Crippen molar-refractivity contribution in [3.8, 4) is 0 Å². The lowest BCUT2D eigenvalue weighted by molar-refractivity contribution is -0.675. The highest BCUT2D eigenvalue weighted by Crippen LogP contribution is 2.20. The maximum atomic E-state index is 2.42. The molecule has 1 saturated heterocycles. The van der Waals surface area contributed by atoms with E-state index in [9.17, 15) is 0 Å². The van der Waals surface area contributed by atoms with E-state index >= 15 is 0 Å². The van der Waals surface area contributed by atoms with E-state index in [2.05, 4.69) is 19.2 Å². The minimum atomic E-state index is 0. The first-order chi connectivity index (χ1) is 3.71. The topological polar surface area (TPSA) is 16.6 Å². The summed E-state index contributed by atoms with van der Waals surface area (Å²) in [6, 6.07) is 0. The lowest BCUT2D eigenvalue weighted by atomic mass is 9.85. The molecule has 1 rings (SSSR count). The Morgan fingerprint density at radius 3 is 2.22 bits per heavy atom. The number of piperidine rings is 1. The predicted molar refractivity (Wildman–Crippen MR) is 34.7 cm³/mol. The molecule has 0 aromatic heterocycles. The third-order valence-corrected chi connectivity index (χ3v) is 1.96. The summed E-state index contributed by atoms with van der Waals surface area (Å²) in [6.45, 7) is 7.38. The molecule has 0 atom stereocenters. The minimum absolute atomic E-state index is 0. The van der Waals surface area contributed by atoms with Crippen molar-refractivity contribution in [2.75, 3.05) is 13.1 Å². The first kappa shape index (κ1) is 9.69. The summed E-state index contributed by atoms with van der Waals surface area (Å²) in [7, 11) is 0. The lowest BCUT2D eigenvalue weighted by Gasteiger charge is -2.26. The fraction of sp³-hybridized carbons (Fsp3) is 1.00. The zero-order chi connectivity index (χ0) is 6.04. The van der Waals surface area contributed by atoms with Crippen LogP contribution >= 0.6 is 0 Å². The Balaban J connectivity index is 0.000000640. The Morgan fingerprint density at radius 2 is 2.00 bits per heavy atom. The molecule has 2 heteroatoms. The van der Waals surface area contributed by atoms with Gasteiger partial charge in [0.05, 0.1) is 13.1 Å². The van der Waals surface area contributed by atoms with Crippen LogP contribution in [0.5, 0.6) is 0 Å². The van der Waals surface area contributed by atoms with Crippen molar-refractivity contribution < 1.29 is 29.3 Å². The van der Waals surface area contributed by atoms with Gasteiger partial charge in [0.1, 0.15) is 0 Å². The molecule has 1 aliphatic heterocycles. The third-order valence-electron chi connectivity index (χ3n) is 1.96.